The van der Waals surface area contributed by atoms with Crippen LogP contribution in [-0.4, -0.2) is 16.7 Å². The van der Waals surface area contributed by atoms with Crippen LogP contribution in [0.1, 0.15) is 9.75 Å². The maximum absolute atomic E-state index is 11.2. The topological polar surface area (TPSA) is 37.4 Å². The van der Waals surface area contributed by atoms with E-state index in [0.29, 0.717) is 6.54 Å². The van der Waals surface area contributed by atoms with Crippen LogP contribution in [0.25, 0.3) is 0 Å². The van der Waals surface area contributed by atoms with Crippen molar-refractivity contribution < 1.29 is 9.59 Å². The molecule has 1 aromatic heterocycles. The molecule has 0 unspecified atom stereocenters. The van der Waals surface area contributed by atoms with Gasteiger partial charge in [0.1, 0.15) is 0 Å². The van der Waals surface area contributed by atoms with Gasteiger partial charge in [-0.2, -0.15) is 0 Å². The number of carbonyl (C=O) groups excluding carboxylic acids is 2. The minimum absolute atomic E-state index is 0.221. The molecule has 0 aromatic carbocycles. The van der Waals surface area contributed by atoms with Gasteiger partial charge in [0.15, 0.2) is 0 Å². The van der Waals surface area contributed by atoms with Crippen molar-refractivity contribution in [3.05, 3.63) is 34.0 Å². The van der Waals surface area contributed by atoms with Gasteiger partial charge in [0.25, 0.3) is 11.8 Å². The summed E-state index contributed by atoms with van der Waals surface area (Å²) in [5, 5.41) is 0. The van der Waals surface area contributed by atoms with E-state index < -0.39 is 0 Å². The Morgan fingerprint density at radius 3 is 2.36 bits per heavy atom. The van der Waals surface area contributed by atoms with Crippen LogP contribution in [0.4, 0.5) is 0 Å². The van der Waals surface area contributed by atoms with Gasteiger partial charge in [-0.1, -0.05) is 0 Å². The number of thiophene rings is 1. The molecule has 1 aliphatic heterocycles. The fourth-order valence-corrected chi connectivity index (χ4v) is 2.19. The summed E-state index contributed by atoms with van der Waals surface area (Å²) >= 11 is 1.60. The molecule has 4 heteroatoms. The largest absolute Gasteiger partial charge is 0.270 e. The summed E-state index contributed by atoms with van der Waals surface area (Å²) in [6, 6.07) is 3.93. The Hall–Kier alpha value is -1.42. The Kier molecular flexibility index (Phi) is 2.21. The monoisotopic (exact) mass is 207 g/mol. The van der Waals surface area contributed by atoms with Gasteiger partial charge in [-0.15, -0.1) is 11.3 Å². The molecule has 0 atom stereocenters. The normalized spacial score (nSPS) is 15.6. The van der Waals surface area contributed by atoms with Crippen LogP contribution < -0.4 is 0 Å². The first-order chi connectivity index (χ1) is 6.66. The van der Waals surface area contributed by atoms with E-state index in [1.807, 2.05) is 19.1 Å². The molecule has 0 saturated heterocycles. The fourth-order valence-electron chi connectivity index (χ4n) is 1.31. The molecule has 0 aliphatic carbocycles. The number of carbonyl (C=O) groups is 2. The lowest BCUT2D eigenvalue weighted by molar-refractivity contribution is -0.137. The lowest BCUT2D eigenvalue weighted by Crippen LogP contribution is -2.28. The van der Waals surface area contributed by atoms with Crippen molar-refractivity contribution in [1.82, 2.24) is 4.90 Å². The van der Waals surface area contributed by atoms with Gasteiger partial charge in [-0.25, -0.2) is 0 Å². The molecule has 2 rings (SSSR count). The van der Waals surface area contributed by atoms with Crippen LogP contribution in [0, 0.1) is 6.92 Å². The zero-order valence-corrected chi connectivity index (χ0v) is 8.50. The summed E-state index contributed by atoms with van der Waals surface area (Å²) < 4.78 is 0. The molecule has 0 bridgehead atoms. The minimum Gasteiger partial charge on any atom is -0.270 e. The van der Waals surface area contributed by atoms with Crippen molar-refractivity contribution in [1.29, 1.82) is 0 Å². The van der Waals surface area contributed by atoms with Gasteiger partial charge >= 0.3 is 0 Å². The lowest BCUT2D eigenvalue weighted by Gasteiger charge is -2.11. The van der Waals surface area contributed by atoms with E-state index in [1.165, 1.54) is 21.9 Å². The van der Waals surface area contributed by atoms with Crippen molar-refractivity contribution in [2.45, 2.75) is 13.5 Å². The molecule has 2 amide bonds. The van der Waals surface area contributed by atoms with E-state index in [1.54, 1.807) is 11.3 Å². The third-order valence-corrected chi connectivity index (χ3v) is 3.00. The molecule has 0 fully saturated rings. The third kappa shape index (κ3) is 1.61. The average molecular weight is 207 g/mol. The summed E-state index contributed by atoms with van der Waals surface area (Å²) in [7, 11) is 0. The van der Waals surface area contributed by atoms with Gasteiger partial charge in [-0.3, -0.25) is 14.5 Å². The third-order valence-electron chi connectivity index (χ3n) is 2.01. The predicted octanol–water partition coefficient (Wildman–Crippen LogP) is 1.48. The van der Waals surface area contributed by atoms with Crippen LogP contribution in [0.5, 0.6) is 0 Å². The number of amides is 2. The zero-order valence-electron chi connectivity index (χ0n) is 7.69. The van der Waals surface area contributed by atoms with Crippen LogP contribution in [0.2, 0.25) is 0 Å². The molecule has 0 radical (unpaired) electrons. The molecule has 14 heavy (non-hydrogen) atoms. The van der Waals surface area contributed by atoms with Crippen LogP contribution >= 0.6 is 11.3 Å². The first-order valence-corrected chi connectivity index (χ1v) is 5.07. The Bertz CT molecular complexity index is 402. The van der Waals surface area contributed by atoms with Crippen molar-refractivity contribution in [2.24, 2.45) is 0 Å². The average Bonchev–Trinajstić information content (AvgIpc) is 2.67. The van der Waals surface area contributed by atoms with E-state index in [4.69, 9.17) is 0 Å². The van der Waals surface area contributed by atoms with Crippen LogP contribution in [-0.2, 0) is 16.1 Å². The minimum atomic E-state index is -0.221. The van der Waals surface area contributed by atoms with Gasteiger partial charge in [-0.05, 0) is 19.1 Å². The predicted molar refractivity (Wildman–Crippen MR) is 53.8 cm³/mol. The smallest absolute Gasteiger partial charge is 0.253 e. The molecular formula is C10H9NO2S. The van der Waals surface area contributed by atoms with Crippen molar-refractivity contribution in [3.63, 3.8) is 0 Å². The van der Waals surface area contributed by atoms with Gasteiger partial charge in [0.05, 0.1) is 6.54 Å². The lowest BCUT2D eigenvalue weighted by atomic mass is 10.4. The molecule has 0 saturated carbocycles. The van der Waals surface area contributed by atoms with E-state index in [2.05, 4.69) is 0 Å². The summed E-state index contributed by atoms with van der Waals surface area (Å²) in [6.45, 7) is 2.39. The molecule has 1 aromatic rings. The quantitative estimate of drug-likeness (QED) is 0.689. The Balaban J connectivity index is 2.12. The highest BCUT2D eigenvalue weighted by Gasteiger charge is 2.23. The molecule has 72 valence electrons. The number of rotatable bonds is 2. The highest BCUT2D eigenvalue weighted by Crippen LogP contribution is 2.18. The number of imide groups is 1. The summed E-state index contributed by atoms with van der Waals surface area (Å²) in [5.41, 5.74) is 0. The number of hydrogen-bond acceptors (Lipinski definition) is 3. The maximum atomic E-state index is 11.2. The summed E-state index contributed by atoms with van der Waals surface area (Å²) in [6.07, 6.45) is 2.62. The Morgan fingerprint density at radius 2 is 1.86 bits per heavy atom. The molecular weight excluding hydrogens is 198 g/mol. The van der Waals surface area contributed by atoms with Crippen LogP contribution in [0.3, 0.4) is 0 Å². The van der Waals surface area contributed by atoms with E-state index in [9.17, 15) is 9.59 Å². The standard InChI is InChI=1S/C10H9NO2S/c1-7-2-3-8(14-7)6-11-9(12)4-5-10(11)13/h2-5H,6H2,1H3. The number of hydrogen-bond donors (Lipinski definition) is 0. The van der Waals surface area contributed by atoms with Crippen molar-refractivity contribution in [3.8, 4) is 0 Å². The van der Waals surface area contributed by atoms with E-state index in [-0.39, 0.29) is 11.8 Å². The van der Waals surface area contributed by atoms with Crippen molar-refractivity contribution >= 4 is 23.2 Å². The number of aryl methyl sites for hydroxylation is 1. The molecule has 1 aliphatic rings. The van der Waals surface area contributed by atoms with Crippen molar-refractivity contribution in [2.75, 3.05) is 0 Å². The molecule has 0 spiro atoms. The second-order valence-corrected chi connectivity index (χ2v) is 4.48. The van der Waals surface area contributed by atoms with Gasteiger partial charge in [0.2, 0.25) is 0 Å². The Morgan fingerprint density at radius 1 is 1.21 bits per heavy atom. The van der Waals surface area contributed by atoms with E-state index in [0.717, 1.165) is 4.88 Å². The summed E-state index contributed by atoms with van der Waals surface area (Å²) in [5.74, 6) is -0.442. The van der Waals surface area contributed by atoms with Crippen LogP contribution in [0.15, 0.2) is 24.3 Å². The van der Waals surface area contributed by atoms with Gasteiger partial charge < -0.3 is 0 Å². The number of nitrogens with zero attached hydrogens (tertiary/aromatic N) is 1. The second-order valence-electron chi connectivity index (χ2n) is 3.11. The first kappa shape index (κ1) is 9.15. The first-order valence-electron chi connectivity index (χ1n) is 4.25. The zero-order chi connectivity index (χ0) is 10.1. The molecule has 3 nitrogen and oxygen atoms in total. The fraction of sp³-hybridized carbons (Fsp3) is 0.200. The second kappa shape index (κ2) is 3.38. The van der Waals surface area contributed by atoms with E-state index >= 15 is 0 Å². The maximum Gasteiger partial charge on any atom is 0.253 e. The highest BCUT2D eigenvalue weighted by molar-refractivity contribution is 7.11. The highest BCUT2D eigenvalue weighted by atomic mass is 32.1. The van der Waals surface area contributed by atoms with Gasteiger partial charge in [0, 0.05) is 21.9 Å². The SMILES string of the molecule is Cc1ccc(CN2C(=O)C=CC2=O)s1. The molecule has 0 N–H and O–H groups in total. The Labute approximate surface area is 85.6 Å². The summed E-state index contributed by atoms with van der Waals surface area (Å²) in [4.78, 5) is 25.9. The molecule has 2 heterocycles.